The number of benzene rings is 2. The summed E-state index contributed by atoms with van der Waals surface area (Å²) in [6, 6.07) is 4.16. The lowest BCUT2D eigenvalue weighted by molar-refractivity contribution is 0.137. The Hall–Kier alpha value is -2.13. The highest BCUT2D eigenvalue weighted by atomic mass is 32.2. The van der Waals surface area contributed by atoms with Crippen molar-refractivity contribution in [1.29, 1.82) is 0 Å². The second-order valence-corrected chi connectivity index (χ2v) is 7.20. The lowest BCUT2D eigenvalue weighted by Gasteiger charge is -2.15. The smallest absolute Gasteiger partial charge is 0.267 e. The van der Waals surface area contributed by atoms with Gasteiger partial charge in [0.1, 0.15) is 23.1 Å². The monoisotopic (exact) mass is 362 g/mol. The van der Waals surface area contributed by atoms with E-state index in [-0.39, 0.29) is 5.75 Å². The lowest BCUT2D eigenvalue weighted by atomic mass is 10.0. The highest BCUT2D eigenvalue weighted by Crippen LogP contribution is 2.45. The number of hydrogen-bond donors (Lipinski definition) is 1. The number of sulfone groups is 1. The molecular weight excluding hydrogens is 352 g/mol. The normalized spacial score (nSPS) is 18.7. The fraction of sp³-hybridized carbons (Fsp3) is 0.200. The van der Waals surface area contributed by atoms with E-state index in [0.29, 0.717) is 6.07 Å². The quantitative estimate of drug-likeness (QED) is 0.849. The third-order valence-corrected chi connectivity index (χ3v) is 5.32. The minimum absolute atomic E-state index is 0.371. The van der Waals surface area contributed by atoms with Gasteiger partial charge in [-0.1, -0.05) is 0 Å². The van der Waals surface area contributed by atoms with Crippen LogP contribution in [0.25, 0.3) is 0 Å². The van der Waals surface area contributed by atoms with Crippen LogP contribution >= 0.6 is 0 Å². The maximum atomic E-state index is 13.4. The number of rotatable bonds is 3. The summed E-state index contributed by atoms with van der Waals surface area (Å²) in [5, 5.41) is 9.84. The van der Waals surface area contributed by atoms with E-state index in [9.17, 15) is 31.1 Å². The molecule has 2 aromatic carbocycles. The van der Waals surface area contributed by atoms with E-state index < -0.39 is 61.5 Å². The molecule has 128 valence electrons. The van der Waals surface area contributed by atoms with Gasteiger partial charge in [0.25, 0.3) is 6.43 Å². The first-order valence-corrected chi connectivity index (χ1v) is 8.34. The first-order valence-electron chi connectivity index (χ1n) is 6.69. The van der Waals surface area contributed by atoms with Crippen LogP contribution in [0.15, 0.2) is 35.2 Å². The van der Waals surface area contributed by atoms with Gasteiger partial charge >= 0.3 is 0 Å². The van der Waals surface area contributed by atoms with E-state index in [0.717, 1.165) is 24.3 Å². The summed E-state index contributed by atoms with van der Waals surface area (Å²) in [5.74, 6) is -3.49. The van der Waals surface area contributed by atoms with E-state index >= 15 is 0 Å². The Labute approximate surface area is 134 Å². The van der Waals surface area contributed by atoms with E-state index in [4.69, 9.17) is 4.74 Å². The topological polar surface area (TPSA) is 63.6 Å². The lowest BCUT2D eigenvalue weighted by Crippen LogP contribution is -2.03. The van der Waals surface area contributed by atoms with Crippen LogP contribution in [-0.4, -0.2) is 19.3 Å². The molecule has 1 heterocycles. The van der Waals surface area contributed by atoms with Gasteiger partial charge < -0.3 is 9.84 Å². The first-order chi connectivity index (χ1) is 11.2. The van der Waals surface area contributed by atoms with Gasteiger partial charge in [-0.3, -0.25) is 0 Å². The van der Waals surface area contributed by atoms with E-state index in [1.807, 2.05) is 0 Å². The van der Waals surface area contributed by atoms with E-state index in [2.05, 4.69) is 0 Å². The molecule has 4 nitrogen and oxygen atoms in total. The maximum absolute atomic E-state index is 13.4. The van der Waals surface area contributed by atoms with Crippen molar-refractivity contribution in [1.82, 2.24) is 0 Å². The standard InChI is InChI=1S/C15H10F4O4S/c16-7-3-8(17)5-9(4-7)23-11-1-2-12-13(14(11)15(18)19)10(20)6-24(12,21)22/h1-5,10,15,20H,6H2. The van der Waals surface area contributed by atoms with E-state index in [1.165, 1.54) is 0 Å². The van der Waals surface area contributed by atoms with Crippen LogP contribution < -0.4 is 4.74 Å². The largest absolute Gasteiger partial charge is 0.457 e. The van der Waals surface area contributed by atoms with Gasteiger partial charge in [-0.05, 0) is 12.1 Å². The molecule has 0 saturated carbocycles. The van der Waals surface area contributed by atoms with Crippen molar-refractivity contribution >= 4 is 9.84 Å². The van der Waals surface area contributed by atoms with Gasteiger partial charge in [0.05, 0.1) is 22.3 Å². The van der Waals surface area contributed by atoms with E-state index in [1.54, 1.807) is 0 Å². The molecule has 0 fully saturated rings. The molecule has 1 aliphatic heterocycles. The molecule has 1 aliphatic rings. The zero-order valence-electron chi connectivity index (χ0n) is 11.8. The molecule has 9 heteroatoms. The van der Waals surface area contributed by atoms with Gasteiger partial charge in [0.15, 0.2) is 9.84 Å². The second-order valence-electron chi connectivity index (χ2n) is 5.19. The fourth-order valence-corrected chi connectivity index (χ4v) is 4.24. The summed E-state index contributed by atoms with van der Waals surface area (Å²) in [7, 11) is -3.87. The summed E-state index contributed by atoms with van der Waals surface area (Å²) in [6.07, 6.45) is -4.78. The molecule has 0 spiro atoms. The Bertz CT molecular complexity index is 892. The third-order valence-electron chi connectivity index (χ3n) is 3.53. The number of aliphatic hydroxyl groups is 1. The Morgan fingerprint density at radius 1 is 1.12 bits per heavy atom. The molecule has 3 rings (SSSR count). The minimum Gasteiger partial charge on any atom is -0.457 e. The average molecular weight is 362 g/mol. The molecule has 24 heavy (non-hydrogen) atoms. The summed E-state index contributed by atoms with van der Waals surface area (Å²) in [5.41, 5.74) is -1.26. The molecular formula is C15H10F4O4S. The zero-order chi connectivity index (χ0) is 17.6. The van der Waals surface area contributed by atoms with Crippen molar-refractivity contribution in [3.8, 4) is 11.5 Å². The highest BCUT2D eigenvalue weighted by Gasteiger charge is 2.39. The number of fused-ring (bicyclic) bond motifs is 1. The van der Waals surface area contributed by atoms with Crippen LogP contribution in [-0.2, 0) is 9.84 Å². The van der Waals surface area contributed by atoms with Crippen molar-refractivity contribution in [2.45, 2.75) is 17.4 Å². The van der Waals surface area contributed by atoms with Crippen molar-refractivity contribution in [2.24, 2.45) is 0 Å². The summed E-state index contributed by atoms with van der Waals surface area (Å²) < 4.78 is 82.1. The molecule has 1 N–H and O–H groups in total. The molecule has 0 saturated heterocycles. The molecule has 0 radical (unpaired) electrons. The Morgan fingerprint density at radius 2 is 1.75 bits per heavy atom. The van der Waals surface area contributed by atoms with Gasteiger partial charge in [0.2, 0.25) is 0 Å². The molecule has 1 unspecified atom stereocenters. The first kappa shape index (κ1) is 16.7. The second kappa shape index (κ2) is 5.75. The molecule has 1 atom stereocenters. The minimum atomic E-state index is -3.87. The van der Waals surface area contributed by atoms with Crippen LogP contribution in [0.5, 0.6) is 11.5 Å². The summed E-state index contributed by atoms with van der Waals surface area (Å²) >= 11 is 0. The number of aliphatic hydroxyl groups excluding tert-OH is 1. The van der Waals surface area contributed by atoms with Crippen LogP contribution in [0.2, 0.25) is 0 Å². The summed E-state index contributed by atoms with van der Waals surface area (Å²) in [4.78, 5) is -0.400. The Balaban J connectivity index is 2.15. The summed E-state index contributed by atoms with van der Waals surface area (Å²) in [6.45, 7) is 0. The molecule has 0 aliphatic carbocycles. The van der Waals surface area contributed by atoms with Gasteiger partial charge in [0, 0.05) is 23.8 Å². The highest BCUT2D eigenvalue weighted by molar-refractivity contribution is 7.91. The SMILES string of the molecule is O=S1(=O)CC(O)c2c1ccc(Oc1cc(F)cc(F)c1)c2C(F)F. The fourth-order valence-electron chi connectivity index (χ4n) is 2.62. The number of halogens is 4. The van der Waals surface area contributed by atoms with Gasteiger partial charge in [-0.2, -0.15) is 0 Å². The molecule has 2 aromatic rings. The predicted molar refractivity (Wildman–Crippen MR) is 74.8 cm³/mol. The van der Waals surface area contributed by atoms with Crippen molar-refractivity contribution in [2.75, 3.05) is 5.75 Å². The maximum Gasteiger partial charge on any atom is 0.267 e. The average Bonchev–Trinajstić information content (AvgIpc) is 2.67. The third kappa shape index (κ3) is 2.84. The van der Waals surface area contributed by atoms with Gasteiger partial charge in [-0.25, -0.2) is 26.0 Å². The van der Waals surface area contributed by atoms with Crippen LogP contribution in [0.4, 0.5) is 17.6 Å². The van der Waals surface area contributed by atoms with Crippen molar-refractivity contribution in [3.05, 3.63) is 53.1 Å². The van der Waals surface area contributed by atoms with Crippen LogP contribution in [0, 0.1) is 11.6 Å². The number of hydrogen-bond acceptors (Lipinski definition) is 4. The molecule has 0 bridgehead atoms. The van der Waals surface area contributed by atoms with Crippen LogP contribution in [0.3, 0.4) is 0 Å². The Morgan fingerprint density at radius 3 is 2.33 bits per heavy atom. The molecule has 0 amide bonds. The Kier molecular flexibility index (Phi) is 4.00. The zero-order valence-corrected chi connectivity index (χ0v) is 12.7. The predicted octanol–water partition coefficient (Wildman–Crippen LogP) is 3.52. The van der Waals surface area contributed by atoms with Gasteiger partial charge in [-0.15, -0.1) is 0 Å². The van der Waals surface area contributed by atoms with Crippen molar-refractivity contribution in [3.63, 3.8) is 0 Å². The van der Waals surface area contributed by atoms with Crippen LogP contribution in [0.1, 0.15) is 23.7 Å². The molecule has 0 aromatic heterocycles. The number of alkyl halides is 2. The number of ether oxygens (including phenoxy) is 1. The van der Waals surface area contributed by atoms with Crippen molar-refractivity contribution < 1.29 is 35.8 Å².